The van der Waals surface area contributed by atoms with Crippen molar-refractivity contribution in [1.82, 2.24) is 20.6 Å². The van der Waals surface area contributed by atoms with Crippen LogP contribution in [0.1, 0.15) is 23.3 Å². The molecule has 0 aliphatic heterocycles. The Bertz CT molecular complexity index is 579. The summed E-state index contributed by atoms with van der Waals surface area (Å²) < 4.78 is 0. The van der Waals surface area contributed by atoms with Crippen LogP contribution in [-0.2, 0) is 19.3 Å². The number of thiazole rings is 1. The number of aromatic nitrogens is 2. The van der Waals surface area contributed by atoms with E-state index in [4.69, 9.17) is 0 Å². The van der Waals surface area contributed by atoms with Gasteiger partial charge in [-0.1, -0.05) is 13.0 Å². The molecule has 0 amide bonds. The van der Waals surface area contributed by atoms with Gasteiger partial charge < -0.3 is 10.6 Å². The van der Waals surface area contributed by atoms with E-state index in [-0.39, 0.29) is 0 Å². The van der Waals surface area contributed by atoms with Crippen LogP contribution in [0.25, 0.3) is 0 Å². The van der Waals surface area contributed by atoms with Gasteiger partial charge >= 0.3 is 0 Å². The lowest BCUT2D eigenvalue weighted by molar-refractivity contribution is 0.770. The SMILES string of the molecule is CCc1nc(CCNC(=NC)NCCc2ccccn2)cs1. The van der Waals surface area contributed by atoms with Crippen LogP contribution in [0.3, 0.4) is 0 Å². The zero-order valence-electron chi connectivity index (χ0n) is 13.2. The van der Waals surface area contributed by atoms with Gasteiger partial charge in [-0.05, 0) is 18.6 Å². The quantitative estimate of drug-likeness (QED) is 0.606. The number of hydrogen-bond donors (Lipinski definition) is 2. The zero-order chi connectivity index (χ0) is 15.6. The van der Waals surface area contributed by atoms with Gasteiger partial charge in [0.05, 0.1) is 10.7 Å². The molecule has 118 valence electrons. The van der Waals surface area contributed by atoms with Crippen molar-refractivity contribution >= 4 is 17.3 Å². The van der Waals surface area contributed by atoms with Gasteiger partial charge in [0, 0.05) is 50.2 Å². The van der Waals surface area contributed by atoms with Crippen LogP contribution in [0.4, 0.5) is 0 Å². The Morgan fingerprint density at radius 2 is 1.95 bits per heavy atom. The highest BCUT2D eigenvalue weighted by Gasteiger charge is 2.02. The number of aliphatic imine (C=N–C) groups is 1. The fraction of sp³-hybridized carbons (Fsp3) is 0.438. The van der Waals surface area contributed by atoms with Crippen LogP contribution in [0.2, 0.25) is 0 Å². The Balaban J connectivity index is 1.66. The van der Waals surface area contributed by atoms with E-state index in [9.17, 15) is 0 Å². The molecule has 2 rings (SSSR count). The first kappa shape index (κ1) is 16.4. The monoisotopic (exact) mass is 317 g/mol. The highest BCUT2D eigenvalue weighted by molar-refractivity contribution is 7.09. The van der Waals surface area contributed by atoms with Crippen molar-refractivity contribution < 1.29 is 0 Å². The standard InChI is InChI=1S/C16H23N5S/c1-3-15-21-14(12-22-15)8-11-20-16(17-2)19-10-7-13-6-4-5-9-18-13/h4-6,9,12H,3,7-8,10-11H2,1-2H3,(H2,17,19,20). The second-order valence-electron chi connectivity index (χ2n) is 4.83. The number of hydrogen-bond acceptors (Lipinski definition) is 4. The number of nitrogens with zero attached hydrogens (tertiary/aromatic N) is 3. The van der Waals surface area contributed by atoms with E-state index in [1.807, 2.05) is 24.4 Å². The third-order valence-corrected chi connectivity index (χ3v) is 4.24. The third-order valence-electron chi connectivity index (χ3n) is 3.20. The number of guanidine groups is 1. The average Bonchev–Trinajstić information content (AvgIpc) is 3.02. The molecule has 0 aliphatic carbocycles. The second kappa shape index (κ2) is 9.15. The van der Waals surface area contributed by atoms with Gasteiger partial charge in [0.1, 0.15) is 0 Å². The Kier molecular flexibility index (Phi) is 6.83. The third kappa shape index (κ3) is 5.44. The summed E-state index contributed by atoms with van der Waals surface area (Å²) in [6.07, 6.45) is 4.63. The molecule has 0 spiro atoms. The van der Waals surface area contributed by atoms with Gasteiger partial charge in [-0.15, -0.1) is 11.3 Å². The first-order valence-electron chi connectivity index (χ1n) is 7.59. The molecule has 2 N–H and O–H groups in total. The summed E-state index contributed by atoms with van der Waals surface area (Å²) in [6, 6.07) is 5.97. The molecular formula is C16H23N5S. The number of rotatable bonds is 7. The van der Waals surface area contributed by atoms with Crippen molar-refractivity contribution in [3.8, 4) is 0 Å². The number of pyridine rings is 1. The van der Waals surface area contributed by atoms with Gasteiger partial charge in [-0.25, -0.2) is 4.98 Å². The van der Waals surface area contributed by atoms with Gasteiger partial charge in [0.2, 0.25) is 0 Å². The normalized spacial score (nSPS) is 11.5. The van der Waals surface area contributed by atoms with E-state index in [0.717, 1.165) is 49.7 Å². The minimum absolute atomic E-state index is 0.813. The van der Waals surface area contributed by atoms with Crippen LogP contribution < -0.4 is 10.6 Å². The molecule has 0 fully saturated rings. The molecule has 0 atom stereocenters. The number of aryl methyl sites for hydroxylation is 1. The lowest BCUT2D eigenvalue weighted by Crippen LogP contribution is -2.39. The molecule has 22 heavy (non-hydrogen) atoms. The summed E-state index contributed by atoms with van der Waals surface area (Å²) in [6.45, 7) is 3.78. The Hall–Kier alpha value is -1.95. The molecule has 2 heterocycles. The van der Waals surface area contributed by atoms with E-state index in [1.54, 1.807) is 18.4 Å². The predicted molar refractivity (Wildman–Crippen MR) is 92.5 cm³/mol. The van der Waals surface area contributed by atoms with E-state index in [1.165, 1.54) is 5.01 Å². The molecule has 0 aromatic carbocycles. The fourth-order valence-corrected chi connectivity index (χ4v) is 2.79. The lowest BCUT2D eigenvalue weighted by Gasteiger charge is -2.11. The first-order valence-corrected chi connectivity index (χ1v) is 8.47. The van der Waals surface area contributed by atoms with Crippen LogP contribution in [0.15, 0.2) is 34.8 Å². The summed E-state index contributed by atoms with van der Waals surface area (Å²) in [5.41, 5.74) is 2.23. The highest BCUT2D eigenvalue weighted by Crippen LogP contribution is 2.10. The molecular weight excluding hydrogens is 294 g/mol. The van der Waals surface area contributed by atoms with Gasteiger partial charge in [0.15, 0.2) is 5.96 Å². The van der Waals surface area contributed by atoms with Gasteiger partial charge in [-0.2, -0.15) is 0 Å². The highest BCUT2D eigenvalue weighted by atomic mass is 32.1. The molecule has 0 saturated heterocycles. The second-order valence-corrected chi connectivity index (χ2v) is 5.78. The molecule has 0 radical (unpaired) electrons. The van der Waals surface area contributed by atoms with Crippen molar-refractivity contribution in [2.75, 3.05) is 20.1 Å². The van der Waals surface area contributed by atoms with Crippen LogP contribution in [0, 0.1) is 0 Å². The van der Waals surface area contributed by atoms with E-state index < -0.39 is 0 Å². The molecule has 0 saturated carbocycles. The summed E-state index contributed by atoms with van der Waals surface area (Å²) in [5.74, 6) is 0.821. The first-order chi connectivity index (χ1) is 10.8. The van der Waals surface area contributed by atoms with Crippen LogP contribution in [0.5, 0.6) is 0 Å². The van der Waals surface area contributed by atoms with Crippen LogP contribution >= 0.6 is 11.3 Å². The maximum Gasteiger partial charge on any atom is 0.191 e. The van der Waals surface area contributed by atoms with E-state index in [2.05, 4.69) is 37.9 Å². The summed E-state index contributed by atoms with van der Waals surface area (Å²) in [7, 11) is 1.79. The lowest BCUT2D eigenvalue weighted by atomic mass is 10.3. The molecule has 2 aromatic heterocycles. The number of nitrogens with one attached hydrogen (secondary N) is 2. The van der Waals surface area contributed by atoms with Crippen molar-refractivity contribution in [3.05, 3.63) is 46.2 Å². The molecule has 2 aromatic rings. The summed E-state index contributed by atoms with van der Waals surface area (Å²) in [4.78, 5) is 13.1. The van der Waals surface area contributed by atoms with Crippen molar-refractivity contribution in [2.45, 2.75) is 26.2 Å². The smallest absolute Gasteiger partial charge is 0.191 e. The Morgan fingerprint density at radius 3 is 2.55 bits per heavy atom. The predicted octanol–water partition coefficient (Wildman–Crippen LogP) is 2.05. The van der Waals surface area contributed by atoms with Gasteiger partial charge in [0.25, 0.3) is 0 Å². The molecule has 0 aliphatic rings. The maximum absolute atomic E-state index is 4.56. The maximum atomic E-state index is 4.56. The Morgan fingerprint density at radius 1 is 1.18 bits per heavy atom. The van der Waals surface area contributed by atoms with Crippen LogP contribution in [-0.4, -0.2) is 36.1 Å². The van der Waals surface area contributed by atoms with E-state index in [0.29, 0.717) is 0 Å². The van der Waals surface area contributed by atoms with Crippen molar-refractivity contribution in [1.29, 1.82) is 0 Å². The minimum atomic E-state index is 0.813. The topological polar surface area (TPSA) is 62.2 Å². The van der Waals surface area contributed by atoms with Crippen molar-refractivity contribution in [2.24, 2.45) is 4.99 Å². The molecule has 0 bridgehead atoms. The molecule has 0 unspecified atom stereocenters. The van der Waals surface area contributed by atoms with Crippen molar-refractivity contribution in [3.63, 3.8) is 0 Å². The average molecular weight is 317 g/mol. The summed E-state index contributed by atoms with van der Waals surface area (Å²) in [5, 5.41) is 9.95. The fourth-order valence-electron chi connectivity index (χ4n) is 2.01. The zero-order valence-corrected chi connectivity index (χ0v) is 14.0. The molecule has 6 heteroatoms. The molecule has 5 nitrogen and oxygen atoms in total. The Labute approximate surface area is 135 Å². The minimum Gasteiger partial charge on any atom is -0.356 e. The summed E-state index contributed by atoms with van der Waals surface area (Å²) >= 11 is 1.73. The largest absolute Gasteiger partial charge is 0.356 e. The van der Waals surface area contributed by atoms with Gasteiger partial charge in [-0.3, -0.25) is 9.98 Å². The van der Waals surface area contributed by atoms with E-state index >= 15 is 0 Å².